The fraction of sp³-hybridized carbons (Fsp3) is 0.917. The zero-order valence-corrected chi connectivity index (χ0v) is 11.2. The van der Waals surface area contributed by atoms with Gasteiger partial charge in [0.1, 0.15) is 0 Å². The Kier molecular flexibility index (Phi) is 3.52. The van der Waals surface area contributed by atoms with E-state index >= 15 is 0 Å². The zero-order chi connectivity index (χ0) is 11.8. The van der Waals surface area contributed by atoms with Crippen LogP contribution in [0.1, 0.15) is 26.2 Å². The number of piperazine rings is 1. The fourth-order valence-corrected chi connectivity index (χ4v) is 2.99. The molecule has 2 rings (SSSR count). The standard InChI is InChI=1S/C12H23N3S/c1-10-8-15(6-5-14(10)2)9-12(3-4-12)7-11(13)16/h10H,3-9H2,1-2H3,(H2,13,16). The first kappa shape index (κ1) is 12.3. The summed E-state index contributed by atoms with van der Waals surface area (Å²) >= 11 is 5.04. The average Bonchev–Trinajstić information content (AvgIpc) is 2.90. The molecule has 1 atom stereocenters. The highest BCUT2D eigenvalue weighted by molar-refractivity contribution is 7.80. The summed E-state index contributed by atoms with van der Waals surface area (Å²) in [6.07, 6.45) is 3.57. The van der Waals surface area contributed by atoms with Crippen LogP contribution in [0.15, 0.2) is 0 Å². The quantitative estimate of drug-likeness (QED) is 0.747. The van der Waals surface area contributed by atoms with Gasteiger partial charge in [0.25, 0.3) is 0 Å². The molecule has 2 aliphatic rings. The predicted molar refractivity (Wildman–Crippen MR) is 71.6 cm³/mol. The average molecular weight is 241 g/mol. The van der Waals surface area contributed by atoms with Crippen LogP contribution in [-0.4, -0.2) is 54.1 Å². The van der Waals surface area contributed by atoms with Crippen molar-refractivity contribution < 1.29 is 0 Å². The molecule has 4 heteroatoms. The Morgan fingerprint density at radius 2 is 2.12 bits per heavy atom. The molecule has 2 N–H and O–H groups in total. The number of rotatable bonds is 4. The number of hydrogen-bond acceptors (Lipinski definition) is 3. The molecule has 1 saturated heterocycles. The molecule has 3 nitrogen and oxygen atoms in total. The number of likely N-dealkylation sites (N-methyl/N-ethyl adjacent to an activating group) is 1. The summed E-state index contributed by atoms with van der Waals surface area (Å²) in [5.74, 6) is 0. The number of nitrogens with zero attached hydrogens (tertiary/aromatic N) is 2. The maximum atomic E-state index is 5.68. The van der Waals surface area contributed by atoms with Gasteiger partial charge in [-0.05, 0) is 32.2 Å². The van der Waals surface area contributed by atoms with Crippen LogP contribution in [0, 0.1) is 5.41 Å². The van der Waals surface area contributed by atoms with Crippen molar-refractivity contribution in [1.29, 1.82) is 0 Å². The van der Waals surface area contributed by atoms with Gasteiger partial charge in [0.15, 0.2) is 0 Å². The summed E-state index contributed by atoms with van der Waals surface area (Å²) in [4.78, 5) is 5.72. The lowest BCUT2D eigenvalue weighted by molar-refractivity contribution is 0.0893. The van der Waals surface area contributed by atoms with E-state index in [0.29, 0.717) is 16.4 Å². The maximum absolute atomic E-state index is 5.68. The first-order valence-corrected chi connectivity index (χ1v) is 6.62. The van der Waals surface area contributed by atoms with Crippen molar-refractivity contribution in [3.05, 3.63) is 0 Å². The normalized spacial score (nSPS) is 30.2. The third-order valence-electron chi connectivity index (χ3n) is 4.11. The summed E-state index contributed by atoms with van der Waals surface area (Å²) in [5.41, 5.74) is 6.12. The first-order chi connectivity index (χ1) is 7.51. The highest BCUT2D eigenvalue weighted by Gasteiger charge is 2.44. The predicted octanol–water partition coefficient (Wildman–Crippen LogP) is 1.08. The minimum atomic E-state index is 0.446. The van der Waals surface area contributed by atoms with Crippen LogP contribution in [0.4, 0.5) is 0 Å². The van der Waals surface area contributed by atoms with Gasteiger partial charge in [-0.1, -0.05) is 12.2 Å². The molecule has 0 radical (unpaired) electrons. The van der Waals surface area contributed by atoms with Crippen molar-refractivity contribution in [2.45, 2.75) is 32.2 Å². The van der Waals surface area contributed by atoms with E-state index in [9.17, 15) is 0 Å². The molecule has 1 unspecified atom stereocenters. The van der Waals surface area contributed by atoms with E-state index in [2.05, 4.69) is 23.8 Å². The van der Waals surface area contributed by atoms with E-state index in [1.165, 1.54) is 39.0 Å². The molecule has 0 amide bonds. The minimum absolute atomic E-state index is 0.446. The van der Waals surface area contributed by atoms with Crippen LogP contribution in [0.2, 0.25) is 0 Å². The molecule has 0 spiro atoms. The van der Waals surface area contributed by atoms with Crippen molar-refractivity contribution in [2.24, 2.45) is 11.1 Å². The lowest BCUT2D eigenvalue weighted by Crippen LogP contribution is -2.51. The highest BCUT2D eigenvalue weighted by Crippen LogP contribution is 2.49. The van der Waals surface area contributed by atoms with Gasteiger partial charge in [-0.15, -0.1) is 0 Å². The van der Waals surface area contributed by atoms with Gasteiger partial charge >= 0.3 is 0 Å². The third-order valence-corrected chi connectivity index (χ3v) is 4.25. The van der Waals surface area contributed by atoms with Crippen molar-refractivity contribution in [3.8, 4) is 0 Å². The maximum Gasteiger partial charge on any atom is 0.0733 e. The second-order valence-corrected chi connectivity index (χ2v) is 6.23. The van der Waals surface area contributed by atoms with E-state index in [0.717, 1.165) is 6.42 Å². The second-order valence-electron chi connectivity index (χ2n) is 5.71. The Balaban J connectivity index is 1.84. The highest BCUT2D eigenvalue weighted by atomic mass is 32.1. The van der Waals surface area contributed by atoms with E-state index < -0.39 is 0 Å². The Morgan fingerprint density at radius 1 is 1.44 bits per heavy atom. The summed E-state index contributed by atoms with van der Waals surface area (Å²) in [6, 6.07) is 0.675. The van der Waals surface area contributed by atoms with Crippen molar-refractivity contribution >= 4 is 17.2 Å². The van der Waals surface area contributed by atoms with E-state index in [4.69, 9.17) is 18.0 Å². The molecule has 1 saturated carbocycles. The molecule has 16 heavy (non-hydrogen) atoms. The summed E-state index contributed by atoms with van der Waals surface area (Å²) in [5, 5.41) is 0. The van der Waals surface area contributed by atoms with Crippen molar-refractivity contribution in [3.63, 3.8) is 0 Å². The number of thiocarbonyl (C=S) groups is 1. The monoisotopic (exact) mass is 241 g/mol. The van der Waals surface area contributed by atoms with Gasteiger partial charge in [-0.3, -0.25) is 4.90 Å². The van der Waals surface area contributed by atoms with E-state index in [1.807, 2.05) is 0 Å². The molecule has 1 heterocycles. The smallest absolute Gasteiger partial charge is 0.0733 e. The largest absolute Gasteiger partial charge is 0.393 e. The SMILES string of the molecule is CC1CN(CC2(CC(N)=S)CC2)CCN1C. The molecule has 0 aromatic rings. The topological polar surface area (TPSA) is 32.5 Å². The van der Waals surface area contributed by atoms with Crippen LogP contribution >= 0.6 is 12.2 Å². The molecule has 0 aromatic heterocycles. The summed E-state index contributed by atoms with van der Waals surface area (Å²) in [6.45, 7) is 7.07. The summed E-state index contributed by atoms with van der Waals surface area (Å²) in [7, 11) is 2.21. The van der Waals surface area contributed by atoms with Crippen LogP contribution in [0.5, 0.6) is 0 Å². The van der Waals surface area contributed by atoms with Gasteiger partial charge < -0.3 is 10.6 Å². The minimum Gasteiger partial charge on any atom is -0.393 e. The lowest BCUT2D eigenvalue weighted by atomic mass is 10.0. The van der Waals surface area contributed by atoms with Crippen molar-refractivity contribution in [2.75, 3.05) is 33.2 Å². The second kappa shape index (κ2) is 4.59. The Morgan fingerprint density at radius 3 is 2.62 bits per heavy atom. The van der Waals surface area contributed by atoms with Gasteiger partial charge in [0.05, 0.1) is 4.99 Å². The van der Waals surface area contributed by atoms with E-state index in [1.54, 1.807) is 0 Å². The molecule has 2 fully saturated rings. The third kappa shape index (κ3) is 2.93. The molecule has 1 aliphatic carbocycles. The molecule has 1 aliphatic heterocycles. The van der Waals surface area contributed by atoms with E-state index in [-0.39, 0.29) is 0 Å². The van der Waals surface area contributed by atoms with Gasteiger partial charge in [0, 0.05) is 38.6 Å². The molecular formula is C12H23N3S. The first-order valence-electron chi connectivity index (χ1n) is 6.22. The Hall–Kier alpha value is -0.190. The zero-order valence-electron chi connectivity index (χ0n) is 10.4. The molecule has 0 bridgehead atoms. The van der Waals surface area contributed by atoms with Crippen LogP contribution in [0.25, 0.3) is 0 Å². The number of nitrogens with two attached hydrogens (primary N) is 1. The Bertz CT molecular complexity index is 275. The molecule has 92 valence electrons. The van der Waals surface area contributed by atoms with Crippen LogP contribution in [0.3, 0.4) is 0 Å². The number of hydrogen-bond donors (Lipinski definition) is 1. The van der Waals surface area contributed by atoms with Gasteiger partial charge in [-0.25, -0.2) is 0 Å². The van der Waals surface area contributed by atoms with Crippen LogP contribution < -0.4 is 5.73 Å². The fourth-order valence-electron chi connectivity index (χ4n) is 2.68. The van der Waals surface area contributed by atoms with Gasteiger partial charge in [-0.2, -0.15) is 0 Å². The molecule has 0 aromatic carbocycles. The summed E-state index contributed by atoms with van der Waals surface area (Å²) < 4.78 is 0. The molecular weight excluding hydrogens is 218 g/mol. The van der Waals surface area contributed by atoms with Crippen molar-refractivity contribution in [1.82, 2.24) is 9.80 Å². The lowest BCUT2D eigenvalue weighted by Gasteiger charge is -2.39. The van der Waals surface area contributed by atoms with Crippen LogP contribution in [-0.2, 0) is 0 Å². The van der Waals surface area contributed by atoms with Gasteiger partial charge in [0.2, 0.25) is 0 Å². The Labute approximate surface area is 104 Å².